The first-order valence-corrected chi connectivity index (χ1v) is 10.5. The minimum absolute atomic E-state index is 0. The normalized spacial score (nSPS) is 11.7. The van der Waals surface area contributed by atoms with Crippen molar-refractivity contribution in [3.05, 3.63) is 0 Å². The van der Waals surface area contributed by atoms with E-state index in [4.69, 9.17) is 0 Å². The summed E-state index contributed by atoms with van der Waals surface area (Å²) in [4.78, 5) is 11.5. The maximum absolute atomic E-state index is 11.5. The molecule has 0 bridgehead atoms. The van der Waals surface area contributed by atoms with Gasteiger partial charge in [0, 0.05) is 6.42 Å². The molecule has 0 saturated heterocycles. The summed E-state index contributed by atoms with van der Waals surface area (Å²) in [5.41, 5.74) is 0. The molecule has 0 saturated carbocycles. The summed E-state index contributed by atoms with van der Waals surface area (Å²) in [6.07, 6.45) is 8.16. The van der Waals surface area contributed by atoms with E-state index in [-0.39, 0.29) is 72.0 Å². The summed E-state index contributed by atoms with van der Waals surface area (Å²) < 4.78 is 61.3. The zero-order valence-electron chi connectivity index (χ0n) is 14.8. The zero-order valence-corrected chi connectivity index (χ0v) is 20.5. The second kappa shape index (κ2) is 15.5. The molecule has 11 heteroatoms. The Balaban J connectivity index is -0.00000220. The van der Waals surface area contributed by atoms with Crippen LogP contribution in [0.2, 0.25) is 0 Å². The molecule has 24 heavy (non-hydrogen) atoms. The van der Waals surface area contributed by atoms with E-state index < -0.39 is 30.6 Å². The number of Topliss-reactive ketones (excluding diaryl/α,β-unsaturated/α-hetero) is 1. The third-order valence-electron chi connectivity index (χ3n) is 3.31. The number of carbonyl (C=O) groups excluding carboxylic acids is 1. The Morgan fingerprint density at radius 2 is 1.08 bits per heavy atom. The molecule has 0 aliphatic carbocycles. The average molecular weight is 402 g/mol. The van der Waals surface area contributed by atoms with Crippen molar-refractivity contribution in [3.63, 3.8) is 0 Å². The molecule has 0 rings (SSSR count). The third-order valence-corrected chi connectivity index (χ3v) is 6.30. The van der Waals surface area contributed by atoms with E-state index in [1.807, 2.05) is 0 Å². The van der Waals surface area contributed by atoms with Crippen LogP contribution in [0.25, 0.3) is 0 Å². The molecule has 0 aliphatic rings. The van der Waals surface area contributed by atoms with Gasteiger partial charge in [-0.05, 0) is 6.42 Å². The number of unbranched alkanes of at least 4 members (excludes halogenated alkanes) is 8. The van der Waals surface area contributed by atoms with Crippen molar-refractivity contribution in [2.75, 3.05) is 0 Å². The summed E-state index contributed by atoms with van der Waals surface area (Å²) in [7, 11) is -11.0. The molecule has 132 valence electrons. The van der Waals surface area contributed by atoms with Crippen LogP contribution in [-0.4, -0.2) is 36.3 Å². The van der Waals surface area contributed by atoms with Crippen LogP contribution in [0.5, 0.6) is 0 Å². The van der Waals surface area contributed by atoms with Crippen LogP contribution in [0.15, 0.2) is 0 Å². The van der Waals surface area contributed by atoms with Crippen molar-refractivity contribution >= 4 is 26.0 Å². The van der Waals surface area contributed by atoms with E-state index in [0.717, 1.165) is 25.7 Å². The molecule has 0 radical (unpaired) electrons. The molecular weight excluding hydrogens is 378 g/mol. The summed E-state index contributed by atoms with van der Waals surface area (Å²) >= 11 is 0. The van der Waals surface area contributed by atoms with E-state index >= 15 is 0 Å². The quantitative estimate of drug-likeness (QED) is 0.174. The van der Waals surface area contributed by atoms with Gasteiger partial charge in [0.05, 0.1) is 0 Å². The fourth-order valence-corrected chi connectivity index (χ4v) is 4.23. The maximum atomic E-state index is 11.5. The summed E-state index contributed by atoms with van der Waals surface area (Å²) in [5.74, 6) is -1.33. The predicted molar refractivity (Wildman–Crippen MR) is 80.0 cm³/mol. The fraction of sp³-hybridized carbons (Fsp3) is 0.923. The maximum Gasteiger partial charge on any atom is 1.00 e. The second-order valence-electron chi connectivity index (χ2n) is 5.36. The molecule has 0 aromatic heterocycles. The molecule has 0 fully saturated rings. The van der Waals surface area contributed by atoms with Crippen LogP contribution in [0.1, 0.15) is 71.1 Å². The molecule has 0 aromatic carbocycles. The minimum atomic E-state index is -5.48. The zero-order chi connectivity index (χ0) is 17.2. The van der Waals surface area contributed by atoms with Crippen molar-refractivity contribution in [1.29, 1.82) is 0 Å². The van der Waals surface area contributed by atoms with E-state index in [1.165, 1.54) is 19.3 Å². The van der Waals surface area contributed by atoms with Crippen LogP contribution in [0.3, 0.4) is 0 Å². The minimum Gasteiger partial charge on any atom is -0.747 e. The standard InChI is InChI=1S/C13H26O7S2.2Na/c1-2-3-4-5-6-7-8-9-10-11-12(14)13(21(15,16)17)22(18,19)20;;/h13H,2-11H2,1H3,(H,15,16,17)(H,18,19,20);;/q;2*+1/p-2. The fourth-order valence-electron chi connectivity index (χ4n) is 2.19. The predicted octanol–water partition coefficient (Wildman–Crippen LogP) is -4.10. The molecular formula is C13H24Na2O7S2. The van der Waals surface area contributed by atoms with E-state index in [2.05, 4.69) is 6.92 Å². The van der Waals surface area contributed by atoms with Gasteiger partial charge in [0.1, 0.15) is 20.2 Å². The molecule has 0 unspecified atom stereocenters. The Kier molecular flexibility index (Phi) is 19.6. The number of hydrogen-bond donors (Lipinski definition) is 0. The Morgan fingerprint density at radius 1 is 0.750 bits per heavy atom. The molecule has 0 atom stereocenters. The van der Waals surface area contributed by atoms with Gasteiger partial charge in [0.2, 0.25) is 0 Å². The molecule has 0 aromatic rings. The number of hydrogen-bond acceptors (Lipinski definition) is 7. The van der Waals surface area contributed by atoms with Crippen molar-refractivity contribution in [1.82, 2.24) is 0 Å². The van der Waals surface area contributed by atoms with E-state index in [0.29, 0.717) is 6.42 Å². The van der Waals surface area contributed by atoms with Crippen molar-refractivity contribution in [3.8, 4) is 0 Å². The Morgan fingerprint density at radius 3 is 1.42 bits per heavy atom. The molecule has 0 N–H and O–H groups in total. The van der Waals surface area contributed by atoms with Crippen LogP contribution >= 0.6 is 0 Å². The summed E-state index contributed by atoms with van der Waals surface area (Å²) in [6.45, 7) is 2.13. The van der Waals surface area contributed by atoms with Gasteiger partial charge in [0.15, 0.2) is 10.4 Å². The first kappa shape index (κ1) is 30.2. The van der Waals surface area contributed by atoms with Gasteiger partial charge in [-0.15, -0.1) is 0 Å². The Labute approximate surface area is 189 Å². The molecule has 7 nitrogen and oxygen atoms in total. The first-order valence-electron chi connectivity index (χ1n) is 7.52. The van der Waals surface area contributed by atoms with Crippen molar-refractivity contribution < 1.29 is 89.9 Å². The average Bonchev–Trinajstić information content (AvgIpc) is 2.33. The van der Waals surface area contributed by atoms with Crippen molar-refractivity contribution in [2.24, 2.45) is 0 Å². The molecule has 0 aliphatic heterocycles. The van der Waals surface area contributed by atoms with E-state index in [1.54, 1.807) is 0 Å². The van der Waals surface area contributed by atoms with Crippen molar-refractivity contribution in [2.45, 2.75) is 75.7 Å². The van der Waals surface area contributed by atoms with Gasteiger partial charge >= 0.3 is 59.1 Å². The number of carbonyl (C=O) groups is 1. The van der Waals surface area contributed by atoms with Crippen LogP contribution in [0, 0.1) is 0 Å². The molecule has 0 spiro atoms. The summed E-state index contributed by atoms with van der Waals surface area (Å²) in [5, 5.41) is 0. The van der Waals surface area contributed by atoms with Gasteiger partial charge in [-0.2, -0.15) is 0 Å². The van der Waals surface area contributed by atoms with Crippen LogP contribution < -0.4 is 59.1 Å². The van der Waals surface area contributed by atoms with E-state index in [9.17, 15) is 30.7 Å². The van der Waals surface area contributed by atoms with Gasteiger partial charge < -0.3 is 9.11 Å². The summed E-state index contributed by atoms with van der Waals surface area (Å²) in [6, 6.07) is 0. The first-order chi connectivity index (χ1) is 10.1. The Bertz CT molecular complexity index is 501. The molecule has 0 amide bonds. The van der Waals surface area contributed by atoms with Gasteiger partial charge in [-0.3, -0.25) is 4.79 Å². The molecule has 0 heterocycles. The largest absolute Gasteiger partial charge is 1.00 e. The SMILES string of the molecule is CCCCCCCCCCCC(=O)C(S(=O)(=O)[O-])S(=O)(=O)[O-].[Na+].[Na+]. The van der Waals surface area contributed by atoms with Crippen LogP contribution in [0.4, 0.5) is 0 Å². The monoisotopic (exact) mass is 402 g/mol. The smallest absolute Gasteiger partial charge is 0.747 e. The third kappa shape index (κ3) is 14.6. The Hall–Kier alpha value is 1.49. The van der Waals surface area contributed by atoms with Gasteiger partial charge in [-0.1, -0.05) is 58.3 Å². The number of rotatable bonds is 13. The topological polar surface area (TPSA) is 131 Å². The van der Waals surface area contributed by atoms with Gasteiger partial charge in [-0.25, -0.2) is 16.8 Å². The van der Waals surface area contributed by atoms with Crippen LogP contribution in [-0.2, 0) is 25.0 Å². The number of ketones is 1. The van der Waals surface area contributed by atoms with Gasteiger partial charge in [0.25, 0.3) is 0 Å². The second-order valence-corrected chi connectivity index (χ2v) is 8.57.